The number of aromatic nitrogens is 2. The molecule has 0 saturated carbocycles. The Hall–Kier alpha value is -0.500. The molecule has 1 aromatic rings. The lowest BCUT2D eigenvalue weighted by Crippen LogP contribution is -2.07. The average molecular weight is 332 g/mol. The molecular weight excluding hydrogens is 320 g/mol. The van der Waals surface area contributed by atoms with Crippen molar-refractivity contribution in [2.45, 2.75) is 19.9 Å². The summed E-state index contributed by atoms with van der Waals surface area (Å²) in [4.78, 5) is 10.3. The average Bonchev–Trinajstić information content (AvgIpc) is 2.29. The Bertz CT molecular complexity index is 340. The van der Waals surface area contributed by atoms with E-state index in [0.29, 0.717) is 12.4 Å². The third-order valence-electron chi connectivity index (χ3n) is 1.70. The number of hydrogen-bond donors (Lipinski definition) is 2. The highest BCUT2D eigenvalue weighted by atomic mass is 127. The van der Waals surface area contributed by atoms with E-state index in [2.05, 4.69) is 27.7 Å². The molecule has 0 saturated heterocycles. The lowest BCUT2D eigenvalue weighted by atomic mass is 10.4. The number of carboxylic acids is 1. The Labute approximate surface area is 101 Å². The monoisotopic (exact) mass is 331 g/mol. The van der Waals surface area contributed by atoms with Crippen LogP contribution in [0.4, 0.5) is 5.82 Å². The van der Waals surface area contributed by atoms with E-state index < -0.39 is 5.97 Å². The van der Waals surface area contributed by atoms with Gasteiger partial charge in [-0.25, -0.2) is 0 Å². The molecule has 3 N–H and O–H groups in total. The zero-order valence-corrected chi connectivity index (χ0v) is 10.5. The standard InChI is InChI=1S/C7H10IN3O2.ClH/c1-4-6(8)7(9)10-11(4)3-2-5(12)13;/h2-3H2,1H3,(H2,9,10)(H,12,13);1H. The van der Waals surface area contributed by atoms with Gasteiger partial charge in [0.05, 0.1) is 22.2 Å². The Morgan fingerprint density at radius 3 is 2.64 bits per heavy atom. The molecule has 14 heavy (non-hydrogen) atoms. The second-order valence-corrected chi connectivity index (χ2v) is 3.73. The molecule has 1 rings (SSSR count). The van der Waals surface area contributed by atoms with Crippen LogP contribution in [0.15, 0.2) is 0 Å². The Kier molecular flexibility index (Phi) is 5.21. The van der Waals surface area contributed by atoms with Gasteiger partial charge in [0.2, 0.25) is 0 Å². The van der Waals surface area contributed by atoms with Gasteiger partial charge < -0.3 is 10.8 Å². The van der Waals surface area contributed by atoms with Gasteiger partial charge in [-0.3, -0.25) is 9.48 Å². The van der Waals surface area contributed by atoms with Crippen molar-refractivity contribution in [1.29, 1.82) is 0 Å². The van der Waals surface area contributed by atoms with E-state index in [-0.39, 0.29) is 18.8 Å². The molecular formula is C7H11ClIN3O2. The summed E-state index contributed by atoms with van der Waals surface area (Å²) in [5.41, 5.74) is 6.48. The van der Waals surface area contributed by atoms with E-state index in [4.69, 9.17) is 10.8 Å². The van der Waals surface area contributed by atoms with Gasteiger partial charge in [0, 0.05) is 0 Å². The topological polar surface area (TPSA) is 81.1 Å². The molecule has 0 radical (unpaired) electrons. The zero-order valence-electron chi connectivity index (χ0n) is 7.53. The highest BCUT2D eigenvalue weighted by Crippen LogP contribution is 2.17. The summed E-state index contributed by atoms with van der Waals surface area (Å²) in [5.74, 6) is -0.369. The van der Waals surface area contributed by atoms with Gasteiger partial charge >= 0.3 is 5.97 Å². The van der Waals surface area contributed by atoms with Gasteiger partial charge in [-0.05, 0) is 29.5 Å². The van der Waals surface area contributed by atoms with Crippen LogP contribution in [0.3, 0.4) is 0 Å². The molecule has 0 bridgehead atoms. The summed E-state index contributed by atoms with van der Waals surface area (Å²) >= 11 is 2.09. The van der Waals surface area contributed by atoms with Crippen molar-refractivity contribution in [1.82, 2.24) is 9.78 Å². The predicted molar refractivity (Wildman–Crippen MR) is 63.6 cm³/mol. The van der Waals surface area contributed by atoms with Crippen LogP contribution in [0.1, 0.15) is 12.1 Å². The summed E-state index contributed by atoms with van der Waals surface area (Å²) in [7, 11) is 0. The molecule has 0 amide bonds. The minimum Gasteiger partial charge on any atom is -0.481 e. The van der Waals surface area contributed by atoms with Crippen LogP contribution in [0.5, 0.6) is 0 Å². The number of halogens is 2. The maximum atomic E-state index is 10.3. The van der Waals surface area contributed by atoms with E-state index in [1.54, 1.807) is 4.68 Å². The number of nitrogen functional groups attached to an aromatic ring is 1. The summed E-state index contributed by atoms with van der Waals surface area (Å²) < 4.78 is 2.51. The number of nitrogens with two attached hydrogens (primary N) is 1. The lowest BCUT2D eigenvalue weighted by Gasteiger charge is -2.00. The first-order valence-corrected chi connectivity index (χ1v) is 4.80. The molecule has 1 heterocycles. The number of anilines is 1. The number of rotatable bonds is 3. The molecule has 0 aliphatic carbocycles. The molecule has 1 aromatic heterocycles. The van der Waals surface area contributed by atoms with E-state index in [1.807, 2.05) is 6.92 Å². The van der Waals surface area contributed by atoms with E-state index in [1.165, 1.54) is 0 Å². The van der Waals surface area contributed by atoms with Crippen LogP contribution in [0, 0.1) is 10.5 Å². The smallest absolute Gasteiger partial charge is 0.305 e. The van der Waals surface area contributed by atoms with Gasteiger partial charge in [0.1, 0.15) is 0 Å². The first kappa shape index (κ1) is 13.5. The summed E-state index contributed by atoms with van der Waals surface area (Å²) in [6.45, 7) is 2.24. The van der Waals surface area contributed by atoms with Crippen LogP contribution < -0.4 is 5.73 Å². The summed E-state index contributed by atoms with van der Waals surface area (Å²) in [6, 6.07) is 0. The third kappa shape index (κ3) is 3.02. The van der Waals surface area contributed by atoms with Gasteiger partial charge in [0.15, 0.2) is 5.82 Å². The number of carboxylic acid groups (broad SMARTS) is 1. The van der Waals surface area contributed by atoms with Gasteiger partial charge in [0.25, 0.3) is 0 Å². The number of aliphatic carboxylic acids is 1. The van der Waals surface area contributed by atoms with Crippen LogP contribution in [0.25, 0.3) is 0 Å². The number of hydrogen-bond acceptors (Lipinski definition) is 3. The number of nitrogens with zero attached hydrogens (tertiary/aromatic N) is 2. The van der Waals surface area contributed by atoms with Gasteiger partial charge in [-0.15, -0.1) is 12.4 Å². The molecule has 0 aromatic carbocycles. The van der Waals surface area contributed by atoms with Crippen LogP contribution >= 0.6 is 35.0 Å². The van der Waals surface area contributed by atoms with Gasteiger partial charge in [-0.1, -0.05) is 0 Å². The largest absolute Gasteiger partial charge is 0.481 e. The highest BCUT2D eigenvalue weighted by molar-refractivity contribution is 14.1. The first-order valence-electron chi connectivity index (χ1n) is 3.72. The fourth-order valence-corrected chi connectivity index (χ4v) is 1.35. The lowest BCUT2D eigenvalue weighted by molar-refractivity contribution is -0.137. The minimum absolute atomic E-state index is 0. The molecule has 0 aliphatic heterocycles. The Morgan fingerprint density at radius 2 is 2.29 bits per heavy atom. The van der Waals surface area contributed by atoms with Crippen molar-refractivity contribution >= 4 is 46.8 Å². The van der Waals surface area contributed by atoms with E-state index in [0.717, 1.165) is 9.26 Å². The van der Waals surface area contributed by atoms with Crippen molar-refractivity contribution in [3.63, 3.8) is 0 Å². The van der Waals surface area contributed by atoms with Crippen molar-refractivity contribution in [2.75, 3.05) is 5.73 Å². The Morgan fingerprint density at radius 1 is 1.71 bits per heavy atom. The van der Waals surface area contributed by atoms with E-state index in [9.17, 15) is 4.79 Å². The van der Waals surface area contributed by atoms with Crippen molar-refractivity contribution in [3.05, 3.63) is 9.26 Å². The molecule has 80 valence electrons. The molecule has 0 fully saturated rings. The molecule has 0 unspecified atom stereocenters. The second-order valence-electron chi connectivity index (χ2n) is 2.65. The summed E-state index contributed by atoms with van der Waals surface area (Å²) in [5, 5.41) is 12.5. The maximum Gasteiger partial charge on any atom is 0.305 e. The summed E-state index contributed by atoms with van der Waals surface area (Å²) in [6.07, 6.45) is 0.0675. The molecule has 0 atom stereocenters. The fourth-order valence-electron chi connectivity index (χ4n) is 0.967. The predicted octanol–water partition coefficient (Wildman–Crippen LogP) is 1.27. The van der Waals surface area contributed by atoms with Crippen molar-refractivity contribution in [2.24, 2.45) is 0 Å². The molecule has 0 spiro atoms. The minimum atomic E-state index is -0.830. The SMILES string of the molecule is Cc1c(I)c(N)nn1CCC(=O)O.Cl. The van der Waals surface area contributed by atoms with Gasteiger partial charge in [-0.2, -0.15) is 5.10 Å². The van der Waals surface area contributed by atoms with Crippen LogP contribution in [0.2, 0.25) is 0 Å². The normalized spacial score (nSPS) is 9.57. The highest BCUT2D eigenvalue weighted by Gasteiger charge is 2.09. The van der Waals surface area contributed by atoms with Crippen LogP contribution in [-0.4, -0.2) is 20.9 Å². The number of aryl methyl sites for hydroxylation is 1. The quantitative estimate of drug-likeness (QED) is 0.818. The maximum absolute atomic E-state index is 10.3. The third-order valence-corrected chi connectivity index (χ3v) is 3.03. The fraction of sp³-hybridized carbons (Fsp3) is 0.429. The zero-order chi connectivity index (χ0) is 10.0. The second kappa shape index (κ2) is 5.40. The van der Waals surface area contributed by atoms with Crippen LogP contribution in [-0.2, 0) is 11.3 Å². The Balaban J connectivity index is 0.00000169. The van der Waals surface area contributed by atoms with E-state index >= 15 is 0 Å². The van der Waals surface area contributed by atoms with Crippen molar-refractivity contribution in [3.8, 4) is 0 Å². The first-order chi connectivity index (χ1) is 6.02. The molecule has 7 heteroatoms. The number of carbonyl (C=O) groups is 1. The molecule has 0 aliphatic rings. The molecule has 5 nitrogen and oxygen atoms in total. The van der Waals surface area contributed by atoms with Crippen molar-refractivity contribution < 1.29 is 9.90 Å².